The summed E-state index contributed by atoms with van der Waals surface area (Å²) in [6, 6.07) is 7.29. The average Bonchev–Trinajstić information content (AvgIpc) is 3.09. The fourth-order valence-electron chi connectivity index (χ4n) is 2.93. The number of carbonyl (C=O) groups is 1. The number of hydrogen-bond acceptors (Lipinski definition) is 3. The number of amides is 1. The van der Waals surface area contributed by atoms with Gasteiger partial charge in [-0.3, -0.25) is 14.8 Å². The number of alkyl halides is 3. The van der Waals surface area contributed by atoms with E-state index in [4.69, 9.17) is 0 Å². The Hall–Kier alpha value is -2.09. The number of para-hydroxylation sites is 1. The molecule has 1 atom stereocenters. The molecule has 0 unspecified atom stereocenters. The summed E-state index contributed by atoms with van der Waals surface area (Å²) in [7, 11) is 0. The molecule has 0 bridgehead atoms. The number of halogens is 3. The number of rotatable bonds is 4. The SMILES string of the molecule is O=C(NC[C@H]1CCN(CC(F)(F)F)C1)c1n[nH]c2ccccc12. The topological polar surface area (TPSA) is 61.0 Å². The molecule has 1 saturated heterocycles. The minimum atomic E-state index is -4.17. The van der Waals surface area contributed by atoms with E-state index in [1.807, 2.05) is 18.2 Å². The zero-order chi connectivity index (χ0) is 16.4. The maximum Gasteiger partial charge on any atom is 0.401 e. The first-order valence-electron chi connectivity index (χ1n) is 7.43. The van der Waals surface area contributed by atoms with Gasteiger partial charge >= 0.3 is 6.18 Å². The molecule has 0 radical (unpaired) electrons. The third-order valence-electron chi connectivity index (χ3n) is 4.01. The minimum Gasteiger partial charge on any atom is -0.350 e. The highest BCUT2D eigenvalue weighted by Gasteiger charge is 2.34. The zero-order valence-electron chi connectivity index (χ0n) is 12.4. The van der Waals surface area contributed by atoms with E-state index in [0.717, 1.165) is 10.9 Å². The summed E-state index contributed by atoms with van der Waals surface area (Å²) < 4.78 is 37.1. The number of likely N-dealkylation sites (tertiary alicyclic amines) is 1. The number of hydrogen-bond donors (Lipinski definition) is 2. The molecular formula is C15H17F3N4O. The molecule has 1 amide bonds. The number of fused-ring (bicyclic) bond motifs is 1. The smallest absolute Gasteiger partial charge is 0.350 e. The highest BCUT2D eigenvalue weighted by Crippen LogP contribution is 2.22. The van der Waals surface area contributed by atoms with Gasteiger partial charge in [0.15, 0.2) is 5.69 Å². The van der Waals surface area contributed by atoms with Crippen molar-refractivity contribution in [1.82, 2.24) is 20.4 Å². The van der Waals surface area contributed by atoms with Gasteiger partial charge in [-0.15, -0.1) is 0 Å². The van der Waals surface area contributed by atoms with Gasteiger partial charge in [0.1, 0.15) is 0 Å². The largest absolute Gasteiger partial charge is 0.401 e. The predicted octanol–water partition coefficient (Wildman–Crippen LogP) is 2.18. The molecule has 0 aliphatic carbocycles. The average molecular weight is 326 g/mol. The van der Waals surface area contributed by atoms with Crippen molar-refractivity contribution in [2.45, 2.75) is 12.6 Å². The van der Waals surface area contributed by atoms with Crippen LogP contribution >= 0.6 is 0 Å². The van der Waals surface area contributed by atoms with Crippen molar-refractivity contribution in [2.24, 2.45) is 5.92 Å². The summed E-state index contributed by atoms with van der Waals surface area (Å²) in [5, 5.41) is 10.3. The Morgan fingerprint density at radius 1 is 1.39 bits per heavy atom. The second-order valence-corrected chi connectivity index (χ2v) is 5.83. The van der Waals surface area contributed by atoms with E-state index >= 15 is 0 Å². The maximum atomic E-state index is 12.4. The first-order valence-corrected chi connectivity index (χ1v) is 7.43. The van der Waals surface area contributed by atoms with Crippen molar-refractivity contribution in [3.05, 3.63) is 30.0 Å². The summed E-state index contributed by atoms with van der Waals surface area (Å²) in [6.45, 7) is 0.225. The van der Waals surface area contributed by atoms with Crippen molar-refractivity contribution < 1.29 is 18.0 Å². The number of aromatic nitrogens is 2. The molecule has 0 spiro atoms. The number of nitrogens with zero attached hydrogens (tertiary/aromatic N) is 2. The van der Waals surface area contributed by atoms with E-state index in [2.05, 4.69) is 15.5 Å². The maximum absolute atomic E-state index is 12.4. The fourth-order valence-corrected chi connectivity index (χ4v) is 2.93. The summed E-state index contributed by atoms with van der Waals surface area (Å²) >= 11 is 0. The fraction of sp³-hybridized carbons (Fsp3) is 0.467. The summed E-state index contributed by atoms with van der Waals surface area (Å²) in [4.78, 5) is 13.6. The predicted molar refractivity (Wildman–Crippen MR) is 79.0 cm³/mol. The minimum absolute atomic E-state index is 0.0338. The van der Waals surface area contributed by atoms with Crippen LogP contribution in [0.2, 0.25) is 0 Å². The molecule has 1 aromatic carbocycles. The molecule has 2 N–H and O–H groups in total. The van der Waals surface area contributed by atoms with Crippen LogP contribution in [-0.4, -0.2) is 53.4 Å². The van der Waals surface area contributed by atoms with Gasteiger partial charge in [-0.25, -0.2) is 0 Å². The molecule has 2 aromatic rings. The number of nitrogens with one attached hydrogen (secondary N) is 2. The van der Waals surface area contributed by atoms with Crippen LogP contribution in [0.4, 0.5) is 13.2 Å². The van der Waals surface area contributed by atoms with Crippen LogP contribution in [0.25, 0.3) is 10.9 Å². The number of carbonyl (C=O) groups excluding carboxylic acids is 1. The molecule has 1 fully saturated rings. The van der Waals surface area contributed by atoms with Crippen molar-refractivity contribution in [2.75, 3.05) is 26.2 Å². The summed E-state index contributed by atoms with van der Waals surface area (Å²) in [5.41, 5.74) is 1.08. The second kappa shape index (κ2) is 6.19. The van der Waals surface area contributed by atoms with Crippen LogP contribution in [-0.2, 0) is 0 Å². The molecule has 23 heavy (non-hydrogen) atoms. The molecule has 1 aliphatic heterocycles. The van der Waals surface area contributed by atoms with E-state index in [1.54, 1.807) is 6.07 Å². The third-order valence-corrected chi connectivity index (χ3v) is 4.01. The van der Waals surface area contributed by atoms with Crippen LogP contribution in [0.1, 0.15) is 16.9 Å². The number of H-pyrrole nitrogens is 1. The van der Waals surface area contributed by atoms with Crippen molar-refractivity contribution in [3.8, 4) is 0 Å². The lowest BCUT2D eigenvalue weighted by Gasteiger charge is -2.17. The Bertz CT molecular complexity index is 697. The number of aromatic amines is 1. The van der Waals surface area contributed by atoms with Gasteiger partial charge in [-0.1, -0.05) is 18.2 Å². The van der Waals surface area contributed by atoms with Gasteiger partial charge < -0.3 is 5.32 Å². The van der Waals surface area contributed by atoms with E-state index in [1.165, 1.54) is 4.90 Å². The standard InChI is InChI=1S/C15H17F3N4O/c16-15(17,18)9-22-6-5-10(8-22)7-19-14(23)13-11-3-1-2-4-12(11)20-21-13/h1-4,10H,5-9H2,(H,19,23)(H,20,21)/t10-/m1/s1. The van der Waals surface area contributed by atoms with Crippen molar-refractivity contribution in [3.63, 3.8) is 0 Å². The molecule has 2 heterocycles. The molecule has 8 heteroatoms. The van der Waals surface area contributed by atoms with Gasteiger partial charge in [-0.05, 0) is 24.9 Å². The van der Waals surface area contributed by atoms with Gasteiger partial charge in [-0.2, -0.15) is 18.3 Å². The van der Waals surface area contributed by atoms with Gasteiger partial charge in [0.2, 0.25) is 0 Å². The molecule has 0 saturated carbocycles. The lowest BCUT2D eigenvalue weighted by Crippen LogP contribution is -2.34. The van der Waals surface area contributed by atoms with Gasteiger partial charge in [0, 0.05) is 18.5 Å². The van der Waals surface area contributed by atoms with E-state index in [-0.39, 0.29) is 11.8 Å². The molecule has 1 aromatic heterocycles. The monoisotopic (exact) mass is 326 g/mol. The Balaban J connectivity index is 1.54. The summed E-state index contributed by atoms with van der Waals surface area (Å²) in [5.74, 6) is -0.275. The molecule has 124 valence electrons. The third kappa shape index (κ3) is 3.82. The highest BCUT2D eigenvalue weighted by atomic mass is 19.4. The van der Waals surface area contributed by atoms with Crippen LogP contribution in [0, 0.1) is 5.92 Å². The van der Waals surface area contributed by atoms with Crippen LogP contribution in [0.15, 0.2) is 24.3 Å². The number of benzene rings is 1. The normalized spacial score (nSPS) is 19.3. The zero-order valence-corrected chi connectivity index (χ0v) is 12.4. The molecule has 5 nitrogen and oxygen atoms in total. The lowest BCUT2D eigenvalue weighted by molar-refractivity contribution is -0.143. The quantitative estimate of drug-likeness (QED) is 0.905. The Morgan fingerprint density at radius 3 is 2.96 bits per heavy atom. The van der Waals surface area contributed by atoms with Gasteiger partial charge in [0.25, 0.3) is 5.91 Å². The summed E-state index contributed by atoms with van der Waals surface area (Å²) in [6.07, 6.45) is -3.52. The molecular weight excluding hydrogens is 309 g/mol. The lowest BCUT2D eigenvalue weighted by atomic mass is 10.1. The molecule has 3 rings (SSSR count). The van der Waals surface area contributed by atoms with Crippen LogP contribution in [0.3, 0.4) is 0 Å². The van der Waals surface area contributed by atoms with E-state index < -0.39 is 12.7 Å². The van der Waals surface area contributed by atoms with Gasteiger partial charge in [0.05, 0.1) is 12.1 Å². The van der Waals surface area contributed by atoms with Crippen molar-refractivity contribution >= 4 is 16.8 Å². The Kier molecular flexibility index (Phi) is 4.25. The van der Waals surface area contributed by atoms with E-state index in [0.29, 0.717) is 31.7 Å². The second-order valence-electron chi connectivity index (χ2n) is 5.83. The van der Waals surface area contributed by atoms with E-state index in [9.17, 15) is 18.0 Å². The van der Waals surface area contributed by atoms with Crippen LogP contribution in [0.5, 0.6) is 0 Å². The Labute approximate surface area is 130 Å². The highest BCUT2D eigenvalue weighted by molar-refractivity contribution is 6.04. The molecule has 1 aliphatic rings. The first kappa shape index (κ1) is 15.8. The Morgan fingerprint density at radius 2 is 2.17 bits per heavy atom. The first-order chi connectivity index (χ1) is 10.9. The van der Waals surface area contributed by atoms with Crippen molar-refractivity contribution in [1.29, 1.82) is 0 Å². The van der Waals surface area contributed by atoms with Crippen LogP contribution < -0.4 is 5.32 Å².